The van der Waals surface area contributed by atoms with E-state index in [9.17, 15) is 18.0 Å². The van der Waals surface area contributed by atoms with Crippen LogP contribution in [0.3, 0.4) is 0 Å². The van der Waals surface area contributed by atoms with Crippen molar-refractivity contribution in [3.05, 3.63) is 59.7 Å². The normalized spacial score (nSPS) is 10.9. The Kier molecular flexibility index (Phi) is 5.99. The molecule has 2 aromatic rings. The van der Waals surface area contributed by atoms with Crippen molar-refractivity contribution in [3.63, 3.8) is 0 Å². The molecular weight excluding hydrogens is 358 g/mol. The Morgan fingerprint density at radius 3 is 2.23 bits per heavy atom. The van der Waals surface area contributed by atoms with Gasteiger partial charge < -0.3 is 9.47 Å². The number of hydrogen-bond donors (Lipinski definition) is 0. The van der Waals surface area contributed by atoms with Crippen LogP contribution in [-0.4, -0.2) is 41.1 Å². The average molecular weight is 377 g/mol. The molecule has 0 aliphatic heterocycles. The Labute approximate surface area is 152 Å². The minimum atomic E-state index is -4.05. The lowest BCUT2D eigenvalue weighted by Gasteiger charge is -2.25. The molecule has 0 aromatic heterocycles. The van der Waals surface area contributed by atoms with Gasteiger partial charge in [-0.15, -0.1) is 0 Å². The van der Waals surface area contributed by atoms with Crippen molar-refractivity contribution >= 4 is 27.6 Å². The van der Waals surface area contributed by atoms with Crippen LogP contribution in [0.5, 0.6) is 0 Å². The van der Waals surface area contributed by atoms with E-state index in [0.29, 0.717) is 5.56 Å². The van der Waals surface area contributed by atoms with Crippen LogP contribution in [0.1, 0.15) is 15.9 Å². The van der Waals surface area contributed by atoms with E-state index in [-0.39, 0.29) is 16.1 Å². The molecule has 0 saturated heterocycles. The Bertz CT molecular complexity index is 909. The predicted molar refractivity (Wildman–Crippen MR) is 95.5 cm³/mol. The summed E-state index contributed by atoms with van der Waals surface area (Å²) in [6, 6.07) is 12.2. The van der Waals surface area contributed by atoms with Crippen LogP contribution in [0.15, 0.2) is 53.4 Å². The van der Waals surface area contributed by atoms with E-state index in [1.54, 1.807) is 31.2 Å². The maximum Gasteiger partial charge on any atom is 0.337 e. The van der Waals surface area contributed by atoms with Crippen molar-refractivity contribution in [2.24, 2.45) is 0 Å². The van der Waals surface area contributed by atoms with Crippen LogP contribution in [0.2, 0.25) is 0 Å². The van der Waals surface area contributed by atoms with Crippen molar-refractivity contribution < 1.29 is 27.5 Å². The third-order valence-corrected chi connectivity index (χ3v) is 5.50. The van der Waals surface area contributed by atoms with Gasteiger partial charge in [0.15, 0.2) is 0 Å². The molecule has 0 saturated carbocycles. The molecule has 0 unspecified atom stereocenters. The Morgan fingerprint density at radius 1 is 1.00 bits per heavy atom. The summed E-state index contributed by atoms with van der Waals surface area (Å²) >= 11 is 0. The number of rotatable bonds is 6. The third-order valence-electron chi connectivity index (χ3n) is 3.73. The standard InChI is InChI=1S/C18H19NO6S/c1-13-9-10-14(18(21)25-3)11-16(13)19(12-17(20)24-2)26(22,23)15-7-5-4-6-8-15/h4-11H,12H2,1-3H3. The Hall–Kier alpha value is -2.87. The van der Waals surface area contributed by atoms with Crippen molar-refractivity contribution in [3.8, 4) is 0 Å². The van der Waals surface area contributed by atoms with Crippen LogP contribution in [-0.2, 0) is 24.3 Å². The first-order chi connectivity index (χ1) is 12.3. The van der Waals surface area contributed by atoms with Crippen molar-refractivity contribution in [2.75, 3.05) is 25.1 Å². The van der Waals surface area contributed by atoms with Gasteiger partial charge in [0, 0.05) is 0 Å². The van der Waals surface area contributed by atoms with Crippen molar-refractivity contribution in [2.45, 2.75) is 11.8 Å². The summed E-state index contributed by atoms with van der Waals surface area (Å²) in [6.07, 6.45) is 0. The van der Waals surface area contributed by atoms with Gasteiger partial charge >= 0.3 is 11.9 Å². The first-order valence-electron chi connectivity index (χ1n) is 7.65. The van der Waals surface area contributed by atoms with Gasteiger partial charge in [-0.2, -0.15) is 0 Å². The van der Waals surface area contributed by atoms with Gasteiger partial charge in [0.05, 0.1) is 30.4 Å². The van der Waals surface area contributed by atoms with Crippen molar-refractivity contribution in [1.82, 2.24) is 0 Å². The number of sulfonamides is 1. The third kappa shape index (κ3) is 4.02. The van der Waals surface area contributed by atoms with Crippen LogP contribution >= 0.6 is 0 Å². The van der Waals surface area contributed by atoms with Gasteiger partial charge in [-0.25, -0.2) is 13.2 Å². The molecule has 138 valence electrons. The van der Waals surface area contributed by atoms with E-state index in [2.05, 4.69) is 9.47 Å². The largest absolute Gasteiger partial charge is 0.468 e. The predicted octanol–water partition coefficient (Wildman–Crippen LogP) is 2.15. The number of methoxy groups -OCH3 is 2. The SMILES string of the molecule is COC(=O)CN(c1cc(C(=O)OC)ccc1C)S(=O)(=O)c1ccccc1. The van der Waals surface area contributed by atoms with E-state index >= 15 is 0 Å². The van der Waals surface area contributed by atoms with Crippen molar-refractivity contribution in [1.29, 1.82) is 0 Å². The minimum Gasteiger partial charge on any atom is -0.468 e. The number of benzene rings is 2. The lowest BCUT2D eigenvalue weighted by molar-refractivity contribution is -0.138. The van der Waals surface area contributed by atoms with Gasteiger partial charge in [0.1, 0.15) is 6.54 Å². The number of carbonyl (C=O) groups is 2. The van der Waals surface area contributed by atoms with E-state index < -0.39 is 28.5 Å². The number of anilines is 1. The first kappa shape index (κ1) is 19.5. The van der Waals surface area contributed by atoms with E-state index in [1.165, 1.54) is 38.5 Å². The highest BCUT2D eigenvalue weighted by molar-refractivity contribution is 7.92. The molecule has 2 aromatic carbocycles. The molecule has 0 radical (unpaired) electrons. The average Bonchev–Trinajstić information content (AvgIpc) is 2.66. The van der Waals surface area contributed by atoms with Gasteiger partial charge in [0.25, 0.3) is 10.0 Å². The summed E-state index contributed by atoms with van der Waals surface area (Å²) < 4.78 is 36.4. The molecule has 0 aliphatic rings. The topological polar surface area (TPSA) is 90.0 Å². The molecular formula is C18H19NO6S. The summed E-state index contributed by atoms with van der Waals surface area (Å²) in [6.45, 7) is 1.15. The minimum absolute atomic E-state index is 0.0202. The maximum absolute atomic E-state index is 13.1. The molecule has 0 fully saturated rings. The quantitative estimate of drug-likeness (QED) is 0.717. The zero-order valence-corrected chi connectivity index (χ0v) is 15.4. The van der Waals surface area contributed by atoms with Crippen LogP contribution < -0.4 is 4.31 Å². The first-order valence-corrected chi connectivity index (χ1v) is 9.09. The fourth-order valence-corrected chi connectivity index (χ4v) is 3.81. The zero-order chi connectivity index (χ0) is 19.3. The molecule has 0 aliphatic carbocycles. The zero-order valence-electron chi connectivity index (χ0n) is 14.6. The molecule has 0 atom stereocenters. The fraction of sp³-hybridized carbons (Fsp3) is 0.222. The highest BCUT2D eigenvalue weighted by Crippen LogP contribution is 2.28. The number of hydrogen-bond acceptors (Lipinski definition) is 6. The Morgan fingerprint density at radius 2 is 1.65 bits per heavy atom. The van der Waals surface area contributed by atoms with Gasteiger partial charge in [-0.3, -0.25) is 9.10 Å². The summed E-state index contributed by atoms with van der Waals surface area (Å²) in [5, 5.41) is 0. The smallest absolute Gasteiger partial charge is 0.337 e. The van der Waals surface area contributed by atoms with Gasteiger partial charge in [-0.1, -0.05) is 24.3 Å². The lowest BCUT2D eigenvalue weighted by Crippen LogP contribution is -2.37. The number of ether oxygens (including phenoxy) is 2. The maximum atomic E-state index is 13.1. The highest BCUT2D eigenvalue weighted by atomic mass is 32.2. The summed E-state index contributed by atoms with van der Waals surface area (Å²) in [7, 11) is -1.65. The molecule has 0 heterocycles. The van der Waals surface area contributed by atoms with Crippen LogP contribution in [0.25, 0.3) is 0 Å². The number of carbonyl (C=O) groups excluding carboxylic acids is 2. The van der Waals surface area contributed by atoms with E-state index in [1.807, 2.05) is 0 Å². The summed E-state index contributed by atoms with van der Waals surface area (Å²) in [4.78, 5) is 23.7. The summed E-state index contributed by atoms with van der Waals surface area (Å²) in [5.41, 5.74) is 0.939. The molecule has 0 N–H and O–H groups in total. The molecule has 0 bridgehead atoms. The van der Waals surface area contributed by atoms with E-state index in [0.717, 1.165) is 4.31 Å². The summed E-state index contributed by atoms with van der Waals surface area (Å²) in [5.74, 6) is -1.34. The fourth-order valence-electron chi connectivity index (χ4n) is 2.32. The van der Waals surface area contributed by atoms with Crippen LogP contribution in [0, 0.1) is 6.92 Å². The molecule has 0 spiro atoms. The number of esters is 2. The molecule has 26 heavy (non-hydrogen) atoms. The highest BCUT2D eigenvalue weighted by Gasteiger charge is 2.29. The second-order valence-electron chi connectivity index (χ2n) is 5.39. The monoisotopic (exact) mass is 377 g/mol. The Balaban J connectivity index is 2.63. The number of nitrogens with zero attached hydrogens (tertiary/aromatic N) is 1. The van der Waals surface area contributed by atoms with Gasteiger partial charge in [0.2, 0.25) is 0 Å². The second-order valence-corrected chi connectivity index (χ2v) is 7.26. The molecule has 0 amide bonds. The molecule has 7 nitrogen and oxygen atoms in total. The molecule has 2 rings (SSSR count). The lowest BCUT2D eigenvalue weighted by atomic mass is 10.1. The molecule has 8 heteroatoms. The number of aryl methyl sites for hydroxylation is 1. The van der Waals surface area contributed by atoms with Crippen LogP contribution in [0.4, 0.5) is 5.69 Å². The second kappa shape index (κ2) is 8.01. The van der Waals surface area contributed by atoms with E-state index in [4.69, 9.17) is 0 Å². The van der Waals surface area contributed by atoms with Gasteiger partial charge in [-0.05, 0) is 36.8 Å².